The number of aliphatic carboxylic acids is 1. The standard InChI is InChI=1S/C18H26N2O5/c1-13(2)25-17-7-6-16(20(23)24)10-15(17)12-19-9-3-4-14(11-19)5-8-18(21)22/h6-7,10,13-14H,3-5,8-9,11-12H2,1-2H3,(H,21,22). The van der Waals surface area contributed by atoms with Crippen LogP contribution in [0.5, 0.6) is 5.75 Å². The Labute approximate surface area is 147 Å². The number of carbonyl (C=O) groups is 1. The maximum Gasteiger partial charge on any atom is 0.303 e. The Bertz CT molecular complexity index is 617. The van der Waals surface area contributed by atoms with Crippen molar-refractivity contribution in [2.45, 2.75) is 52.2 Å². The van der Waals surface area contributed by atoms with Crippen LogP contribution >= 0.6 is 0 Å². The van der Waals surface area contributed by atoms with E-state index in [-0.39, 0.29) is 18.2 Å². The molecule has 25 heavy (non-hydrogen) atoms. The molecule has 0 saturated carbocycles. The van der Waals surface area contributed by atoms with Gasteiger partial charge in [0.2, 0.25) is 0 Å². The fourth-order valence-corrected chi connectivity index (χ4v) is 3.27. The van der Waals surface area contributed by atoms with E-state index in [4.69, 9.17) is 9.84 Å². The molecular formula is C18H26N2O5. The zero-order valence-corrected chi connectivity index (χ0v) is 14.8. The summed E-state index contributed by atoms with van der Waals surface area (Å²) in [7, 11) is 0. The van der Waals surface area contributed by atoms with Crippen molar-refractivity contribution in [2.75, 3.05) is 13.1 Å². The van der Waals surface area contributed by atoms with Crippen molar-refractivity contribution in [1.29, 1.82) is 0 Å². The van der Waals surface area contributed by atoms with Crippen molar-refractivity contribution in [3.05, 3.63) is 33.9 Å². The van der Waals surface area contributed by atoms with Crippen LogP contribution in [0, 0.1) is 16.0 Å². The molecule has 1 aliphatic heterocycles. The molecule has 0 aromatic heterocycles. The van der Waals surface area contributed by atoms with Crippen LogP contribution in [0.25, 0.3) is 0 Å². The molecule has 0 bridgehead atoms. The van der Waals surface area contributed by atoms with Gasteiger partial charge in [-0.25, -0.2) is 0 Å². The minimum absolute atomic E-state index is 0.00937. The Hall–Kier alpha value is -2.15. The molecule has 1 heterocycles. The van der Waals surface area contributed by atoms with Gasteiger partial charge in [-0.15, -0.1) is 0 Å². The predicted octanol–water partition coefficient (Wildman–Crippen LogP) is 3.46. The number of nitro benzene ring substituents is 1. The lowest BCUT2D eigenvalue weighted by molar-refractivity contribution is -0.385. The summed E-state index contributed by atoms with van der Waals surface area (Å²) in [5, 5.41) is 19.9. The molecule has 1 aromatic rings. The summed E-state index contributed by atoms with van der Waals surface area (Å²) >= 11 is 0. The molecule has 0 aliphatic carbocycles. The van der Waals surface area contributed by atoms with E-state index in [0.717, 1.165) is 31.5 Å². The average Bonchev–Trinajstić information content (AvgIpc) is 2.54. The Kier molecular flexibility index (Phi) is 6.75. The molecule has 1 atom stereocenters. The first-order valence-corrected chi connectivity index (χ1v) is 8.73. The first kappa shape index (κ1) is 19.2. The van der Waals surface area contributed by atoms with E-state index in [1.165, 1.54) is 6.07 Å². The minimum atomic E-state index is -0.761. The third-order valence-corrected chi connectivity index (χ3v) is 4.38. The van der Waals surface area contributed by atoms with Crippen LogP contribution in [0.2, 0.25) is 0 Å². The average molecular weight is 350 g/mol. The number of benzene rings is 1. The van der Waals surface area contributed by atoms with Gasteiger partial charge >= 0.3 is 5.97 Å². The Morgan fingerprint density at radius 2 is 2.24 bits per heavy atom. The molecule has 0 radical (unpaired) electrons. The van der Waals surface area contributed by atoms with E-state index in [0.29, 0.717) is 24.6 Å². The van der Waals surface area contributed by atoms with Crippen molar-refractivity contribution in [2.24, 2.45) is 5.92 Å². The van der Waals surface area contributed by atoms with Crippen LogP contribution in [0.1, 0.15) is 45.1 Å². The van der Waals surface area contributed by atoms with E-state index >= 15 is 0 Å². The number of carboxylic acid groups (broad SMARTS) is 1. The van der Waals surface area contributed by atoms with Gasteiger partial charge in [0, 0.05) is 37.2 Å². The number of carboxylic acids is 1. The Morgan fingerprint density at radius 3 is 2.88 bits per heavy atom. The molecule has 2 rings (SSSR count). The summed E-state index contributed by atoms with van der Waals surface area (Å²) in [6.07, 6.45) is 2.91. The largest absolute Gasteiger partial charge is 0.491 e. The van der Waals surface area contributed by atoms with Gasteiger partial charge < -0.3 is 9.84 Å². The Balaban J connectivity index is 2.09. The van der Waals surface area contributed by atoms with E-state index in [9.17, 15) is 14.9 Å². The zero-order chi connectivity index (χ0) is 18.4. The molecule has 1 aromatic carbocycles. The molecular weight excluding hydrogens is 324 g/mol. The number of hydrogen-bond acceptors (Lipinski definition) is 5. The number of likely N-dealkylation sites (tertiary alicyclic amines) is 1. The SMILES string of the molecule is CC(C)Oc1ccc([N+](=O)[O-])cc1CN1CCCC(CCC(=O)O)C1. The highest BCUT2D eigenvalue weighted by Crippen LogP contribution is 2.29. The summed E-state index contributed by atoms with van der Waals surface area (Å²) in [6.45, 7) is 6.15. The molecule has 7 heteroatoms. The zero-order valence-electron chi connectivity index (χ0n) is 14.8. The number of hydrogen-bond donors (Lipinski definition) is 1. The van der Waals surface area contributed by atoms with Gasteiger partial charge in [-0.3, -0.25) is 19.8 Å². The highest BCUT2D eigenvalue weighted by Gasteiger charge is 2.22. The Morgan fingerprint density at radius 1 is 1.48 bits per heavy atom. The number of nitrogens with zero attached hydrogens (tertiary/aromatic N) is 2. The second-order valence-corrected chi connectivity index (χ2v) is 6.89. The fourth-order valence-electron chi connectivity index (χ4n) is 3.27. The minimum Gasteiger partial charge on any atom is -0.491 e. The maximum atomic E-state index is 11.1. The first-order chi connectivity index (χ1) is 11.8. The molecule has 138 valence electrons. The van der Waals surface area contributed by atoms with Crippen LogP contribution < -0.4 is 4.74 Å². The molecule has 1 fully saturated rings. The molecule has 1 N–H and O–H groups in total. The van der Waals surface area contributed by atoms with Crippen LogP contribution in [-0.2, 0) is 11.3 Å². The smallest absolute Gasteiger partial charge is 0.303 e. The molecule has 1 saturated heterocycles. The molecule has 7 nitrogen and oxygen atoms in total. The van der Waals surface area contributed by atoms with Gasteiger partial charge in [-0.05, 0) is 51.6 Å². The first-order valence-electron chi connectivity index (χ1n) is 8.73. The number of piperidine rings is 1. The lowest BCUT2D eigenvalue weighted by Gasteiger charge is -2.33. The summed E-state index contributed by atoms with van der Waals surface area (Å²) in [5.74, 6) is 0.273. The monoisotopic (exact) mass is 350 g/mol. The van der Waals surface area contributed by atoms with E-state index < -0.39 is 10.9 Å². The van der Waals surface area contributed by atoms with Gasteiger partial charge in [-0.2, -0.15) is 0 Å². The van der Waals surface area contributed by atoms with Crippen LogP contribution in [-0.4, -0.2) is 40.1 Å². The third-order valence-electron chi connectivity index (χ3n) is 4.38. The summed E-state index contributed by atoms with van der Waals surface area (Å²) in [4.78, 5) is 23.7. The van der Waals surface area contributed by atoms with Crippen molar-refractivity contribution in [3.8, 4) is 5.75 Å². The highest BCUT2D eigenvalue weighted by atomic mass is 16.6. The molecule has 1 aliphatic rings. The quantitative estimate of drug-likeness (QED) is 0.570. The lowest BCUT2D eigenvalue weighted by Crippen LogP contribution is -2.35. The van der Waals surface area contributed by atoms with Gasteiger partial charge in [0.25, 0.3) is 5.69 Å². The normalized spacial score (nSPS) is 18.3. The summed E-state index contributed by atoms with van der Waals surface area (Å²) in [5.41, 5.74) is 0.868. The number of nitro groups is 1. The highest BCUT2D eigenvalue weighted by molar-refractivity contribution is 5.66. The van der Waals surface area contributed by atoms with Gasteiger partial charge in [0.1, 0.15) is 5.75 Å². The number of non-ortho nitro benzene ring substituents is 1. The van der Waals surface area contributed by atoms with Crippen LogP contribution in [0.4, 0.5) is 5.69 Å². The van der Waals surface area contributed by atoms with Crippen LogP contribution in [0.15, 0.2) is 18.2 Å². The van der Waals surface area contributed by atoms with Gasteiger partial charge in [0.15, 0.2) is 0 Å². The predicted molar refractivity (Wildman–Crippen MR) is 93.7 cm³/mol. The van der Waals surface area contributed by atoms with Crippen molar-refractivity contribution >= 4 is 11.7 Å². The van der Waals surface area contributed by atoms with E-state index in [2.05, 4.69) is 4.90 Å². The van der Waals surface area contributed by atoms with E-state index in [1.54, 1.807) is 12.1 Å². The van der Waals surface area contributed by atoms with E-state index in [1.807, 2.05) is 13.8 Å². The second-order valence-electron chi connectivity index (χ2n) is 6.89. The molecule has 1 unspecified atom stereocenters. The van der Waals surface area contributed by atoms with Crippen molar-refractivity contribution in [1.82, 2.24) is 4.90 Å². The number of rotatable bonds is 8. The van der Waals surface area contributed by atoms with Gasteiger partial charge in [0.05, 0.1) is 11.0 Å². The van der Waals surface area contributed by atoms with Crippen molar-refractivity contribution < 1.29 is 19.6 Å². The van der Waals surface area contributed by atoms with Crippen LogP contribution in [0.3, 0.4) is 0 Å². The summed E-state index contributed by atoms with van der Waals surface area (Å²) in [6, 6.07) is 4.71. The number of ether oxygens (including phenoxy) is 1. The third kappa shape index (κ3) is 6.01. The topological polar surface area (TPSA) is 92.9 Å². The molecule has 0 spiro atoms. The lowest BCUT2D eigenvalue weighted by atomic mass is 9.93. The van der Waals surface area contributed by atoms with Gasteiger partial charge in [-0.1, -0.05) is 0 Å². The summed E-state index contributed by atoms with van der Waals surface area (Å²) < 4.78 is 5.80. The molecule has 0 amide bonds. The fraction of sp³-hybridized carbons (Fsp3) is 0.611. The second kappa shape index (κ2) is 8.80. The maximum absolute atomic E-state index is 11.1. The van der Waals surface area contributed by atoms with Crippen molar-refractivity contribution in [3.63, 3.8) is 0 Å².